The van der Waals surface area contributed by atoms with E-state index in [-0.39, 0.29) is 5.41 Å². The molecule has 1 atom stereocenters. The zero-order valence-corrected chi connectivity index (χ0v) is 14.3. The summed E-state index contributed by atoms with van der Waals surface area (Å²) in [6.07, 6.45) is -1.69. The first-order valence-electron chi connectivity index (χ1n) is 7.54. The van der Waals surface area contributed by atoms with Gasteiger partial charge in [-0.2, -0.15) is 0 Å². The topological polar surface area (TPSA) is 29.1 Å². The Bertz CT molecular complexity index is 659. The number of alkyl halides is 1. The Balaban J connectivity index is 1.94. The fourth-order valence-electron chi connectivity index (χ4n) is 2.18. The van der Waals surface area contributed by atoms with Gasteiger partial charge in [0.1, 0.15) is 0 Å². The number of carbonyl (C=O) groups excluding carboxylic acids is 1. The Hall–Kier alpha value is -1.87. The molecule has 2 aromatic rings. The lowest BCUT2D eigenvalue weighted by Gasteiger charge is -2.19. The number of benzene rings is 2. The van der Waals surface area contributed by atoms with Crippen molar-refractivity contribution < 1.29 is 9.18 Å². The molecule has 0 aliphatic rings. The van der Waals surface area contributed by atoms with Crippen LogP contribution in [0.2, 0.25) is 5.02 Å². The summed E-state index contributed by atoms with van der Waals surface area (Å²) in [5.74, 6) is -0.646. The molecule has 2 nitrogen and oxygen atoms in total. The summed E-state index contributed by atoms with van der Waals surface area (Å²) in [7, 11) is 0. The van der Waals surface area contributed by atoms with Gasteiger partial charge in [0.15, 0.2) is 0 Å². The summed E-state index contributed by atoms with van der Waals surface area (Å²) in [5, 5.41) is 3.14. The lowest BCUT2D eigenvalue weighted by molar-refractivity contribution is -0.126. The van der Waals surface area contributed by atoms with Gasteiger partial charge in [-0.25, -0.2) is 4.39 Å². The van der Waals surface area contributed by atoms with Crippen LogP contribution in [0.4, 0.5) is 4.39 Å². The molecule has 0 aromatic heterocycles. The predicted octanol–water partition coefficient (Wildman–Crippen LogP) is 4.96. The van der Waals surface area contributed by atoms with Crippen molar-refractivity contribution in [3.8, 4) is 0 Å². The highest BCUT2D eigenvalue weighted by Crippen LogP contribution is 2.23. The van der Waals surface area contributed by atoms with Crippen LogP contribution in [-0.2, 0) is 16.8 Å². The van der Waals surface area contributed by atoms with Gasteiger partial charge in [-0.15, -0.1) is 0 Å². The molecule has 0 saturated carbocycles. The highest BCUT2D eigenvalue weighted by Gasteiger charge is 2.19. The van der Waals surface area contributed by atoms with Gasteiger partial charge in [0.25, 0.3) is 5.91 Å². The third-order valence-corrected chi connectivity index (χ3v) is 3.93. The first-order chi connectivity index (χ1) is 10.8. The normalized spacial score (nSPS) is 12.7. The maximum absolute atomic E-state index is 14.1. The molecule has 0 aliphatic heterocycles. The average Bonchev–Trinajstić information content (AvgIpc) is 2.52. The minimum atomic E-state index is -1.69. The summed E-state index contributed by atoms with van der Waals surface area (Å²) in [5.41, 5.74) is 2.54. The van der Waals surface area contributed by atoms with E-state index in [1.807, 2.05) is 24.3 Å². The molecule has 122 valence electrons. The van der Waals surface area contributed by atoms with Crippen molar-refractivity contribution in [1.29, 1.82) is 0 Å². The lowest BCUT2D eigenvalue weighted by atomic mass is 9.87. The van der Waals surface area contributed by atoms with Crippen LogP contribution >= 0.6 is 11.6 Å². The van der Waals surface area contributed by atoms with E-state index < -0.39 is 12.1 Å². The summed E-state index contributed by atoms with van der Waals surface area (Å²) in [4.78, 5) is 11.9. The van der Waals surface area contributed by atoms with Gasteiger partial charge < -0.3 is 5.32 Å². The monoisotopic (exact) mass is 333 g/mol. The number of hydrogen-bond acceptors (Lipinski definition) is 1. The zero-order valence-electron chi connectivity index (χ0n) is 13.6. The van der Waals surface area contributed by atoms with Crippen LogP contribution in [0.15, 0.2) is 48.5 Å². The van der Waals surface area contributed by atoms with E-state index in [0.29, 0.717) is 17.1 Å². The molecule has 0 spiro atoms. The predicted molar refractivity (Wildman–Crippen MR) is 92.3 cm³/mol. The van der Waals surface area contributed by atoms with Gasteiger partial charge in [-0.1, -0.05) is 68.8 Å². The highest BCUT2D eigenvalue weighted by molar-refractivity contribution is 6.30. The van der Waals surface area contributed by atoms with Crippen LogP contribution in [0.5, 0.6) is 0 Å². The first kappa shape index (κ1) is 17.5. The summed E-state index contributed by atoms with van der Waals surface area (Å²) >= 11 is 5.76. The van der Waals surface area contributed by atoms with E-state index in [4.69, 9.17) is 11.6 Å². The van der Waals surface area contributed by atoms with Gasteiger partial charge in [0.05, 0.1) is 0 Å². The number of amides is 1. The Morgan fingerprint density at radius 3 is 2.17 bits per heavy atom. The van der Waals surface area contributed by atoms with E-state index >= 15 is 0 Å². The van der Waals surface area contributed by atoms with E-state index in [1.165, 1.54) is 17.7 Å². The number of carbonyl (C=O) groups is 1. The minimum Gasteiger partial charge on any atom is -0.349 e. The quantitative estimate of drug-likeness (QED) is 0.841. The molecule has 0 heterocycles. The molecular weight excluding hydrogens is 313 g/mol. The molecular formula is C19H21ClFNO. The summed E-state index contributed by atoms with van der Waals surface area (Å²) in [6.45, 7) is 6.73. The third kappa shape index (κ3) is 4.80. The van der Waals surface area contributed by atoms with Crippen LogP contribution in [0.25, 0.3) is 0 Å². The average molecular weight is 334 g/mol. The van der Waals surface area contributed by atoms with Crippen molar-refractivity contribution in [3.05, 3.63) is 70.2 Å². The van der Waals surface area contributed by atoms with Crippen molar-refractivity contribution >= 4 is 17.5 Å². The summed E-state index contributed by atoms with van der Waals surface area (Å²) < 4.78 is 14.1. The largest absolute Gasteiger partial charge is 0.349 e. The highest BCUT2D eigenvalue weighted by atomic mass is 35.5. The molecule has 23 heavy (non-hydrogen) atoms. The third-order valence-electron chi connectivity index (χ3n) is 3.68. The molecule has 2 aromatic carbocycles. The van der Waals surface area contributed by atoms with Crippen LogP contribution in [-0.4, -0.2) is 5.91 Å². The molecule has 4 heteroatoms. The Kier molecular flexibility index (Phi) is 5.42. The van der Waals surface area contributed by atoms with Crippen molar-refractivity contribution in [1.82, 2.24) is 5.32 Å². The molecule has 0 saturated heterocycles. The minimum absolute atomic E-state index is 0.0837. The lowest BCUT2D eigenvalue weighted by Crippen LogP contribution is -2.27. The van der Waals surface area contributed by atoms with Crippen molar-refractivity contribution in [2.45, 2.75) is 38.9 Å². The molecule has 2 rings (SSSR count). The van der Waals surface area contributed by atoms with Crippen molar-refractivity contribution in [2.24, 2.45) is 0 Å². The molecule has 0 bridgehead atoms. The first-order valence-corrected chi connectivity index (χ1v) is 7.92. The van der Waals surface area contributed by atoms with Crippen LogP contribution in [0.3, 0.4) is 0 Å². The van der Waals surface area contributed by atoms with Gasteiger partial charge in [0.2, 0.25) is 6.17 Å². The van der Waals surface area contributed by atoms with Crippen LogP contribution in [0, 0.1) is 0 Å². The van der Waals surface area contributed by atoms with E-state index in [2.05, 4.69) is 26.1 Å². The van der Waals surface area contributed by atoms with Crippen molar-refractivity contribution in [2.75, 3.05) is 0 Å². The van der Waals surface area contributed by atoms with E-state index in [1.54, 1.807) is 12.1 Å². The molecule has 0 fully saturated rings. The fourth-order valence-corrected chi connectivity index (χ4v) is 2.31. The molecule has 0 radical (unpaired) electrons. The van der Waals surface area contributed by atoms with Crippen molar-refractivity contribution in [3.63, 3.8) is 0 Å². The molecule has 1 amide bonds. The fraction of sp³-hybridized carbons (Fsp3) is 0.316. The number of nitrogens with one attached hydrogen (secondary N) is 1. The number of hydrogen-bond donors (Lipinski definition) is 1. The molecule has 0 aliphatic carbocycles. The van der Waals surface area contributed by atoms with Gasteiger partial charge in [0, 0.05) is 11.6 Å². The van der Waals surface area contributed by atoms with E-state index in [0.717, 1.165) is 5.56 Å². The number of halogens is 2. The zero-order chi connectivity index (χ0) is 17.0. The maximum Gasteiger partial charge on any atom is 0.259 e. The maximum atomic E-state index is 14.1. The Labute approximate surface area is 141 Å². The smallest absolute Gasteiger partial charge is 0.259 e. The Morgan fingerprint density at radius 2 is 1.65 bits per heavy atom. The van der Waals surface area contributed by atoms with Gasteiger partial charge in [-0.05, 0) is 34.2 Å². The SMILES string of the molecule is CC(C)(C)c1ccc(CNC(=O)C(F)c2ccc(Cl)cc2)cc1. The molecule has 1 unspecified atom stereocenters. The molecule has 1 N–H and O–H groups in total. The van der Waals surface area contributed by atoms with Crippen LogP contribution in [0.1, 0.15) is 43.6 Å². The van der Waals surface area contributed by atoms with E-state index in [9.17, 15) is 9.18 Å². The second-order valence-corrected chi connectivity index (χ2v) is 7.02. The van der Waals surface area contributed by atoms with Crippen LogP contribution < -0.4 is 5.32 Å². The van der Waals surface area contributed by atoms with Gasteiger partial charge in [-0.3, -0.25) is 4.79 Å². The summed E-state index contributed by atoms with van der Waals surface area (Å²) in [6, 6.07) is 14.2. The van der Waals surface area contributed by atoms with Gasteiger partial charge >= 0.3 is 0 Å². The number of rotatable bonds is 4. The standard InChI is InChI=1S/C19H21ClFNO/c1-19(2,3)15-8-4-13(5-9-15)12-22-18(23)17(21)14-6-10-16(20)11-7-14/h4-11,17H,12H2,1-3H3,(H,22,23). The second-order valence-electron chi connectivity index (χ2n) is 6.58. The second kappa shape index (κ2) is 7.14. The Morgan fingerprint density at radius 1 is 1.09 bits per heavy atom.